The quantitative estimate of drug-likeness (QED) is 0.189. The van der Waals surface area contributed by atoms with Crippen molar-refractivity contribution < 1.29 is 8.85 Å². The van der Waals surface area contributed by atoms with E-state index < -0.39 is 16.6 Å². The average Bonchev–Trinajstić information content (AvgIpc) is 3.18. The van der Waals surface area contributed by atoms with Crippen molar-refractivity contribution in [1.82, 2.24) is 0 Å². The van der Waals surface area contributed by atoms with Crippen LogP contribution in [0.15, 0.2) is 36.0 Å². The first-order valence-electron chi connectivity index (χ1n) is 15.1. The van der Waals surface area contributed by atoms with Gasteiger partial charge in [-0.15, -0.1) is 0 Å². The monoisotopic (exact) mass is 546 g/mol. The number of allylic oxidation sites excluding steroid dienone is 3. The zero-order valence-corrected chi connectivity index (χ0v) is 29.0. The third kappa shape index (κ3) is 9.05. The average molecular weight is 547 g/mol. The van der Waals surface area contributed by atoms with E-state index >= 15 is 0 Å². The van der Waals surface area contributed by atoms with Crippen molar-refractivity contribution in [2.75, 3.05) is 0 Å². The van der Waals surface area contributed by atoms with Crippen molar-refractivity contribution in [2.24, 2.45) is 23.7 Å². The van der Waals surface area contributed by atoms with Gasteiger partial charge < -0.3 is 8.85 Å². The molecule has 0 amide bonds. The van der Waals surface area contributed by atoms with E-state index in [1.807, 2.05) is 0 Å². The van der Waals surface area contributed by atoms with Gasteiger partial charge in [-0.05, 0) is 106 Å². The predicted octanol–water partition coefficient (Wildman–Crippen LogP) is 10.7. The second kappa shape index (κ2) is 12.4. The molecule has 0 heterocycles. The summed E-state index contributed by atoms with van der Waals surface area (Å²) in [5, 5.41) is 0.442. The van der Waals surface area contributed by atoms with Gasteiger partial charge in [0.25, 0.3) is 0 Å². The van der Waals surface area contributed by atoms with Crippen molar-refractivity contribution in [1.29, 1.82) is 0 Å². The molecule has 2 aliphatic carbocycles. The third-order valence-electron chi connectivity index (χ3n) is 10.0. The lowest BCUT2D eigenvalue weighted by atomic mass is 9.90. The SMILES string of the molecule is C=C1C[C@H]2C[C@@H](O[Si](C)(C)C(C)(C)C)[C@H](/C=C/[C@H](C[C@H](C)CCC=C(C)C)O[Si](C)(C)C(C)(C)C)[C@H]2C1. The van der Waals surface area contributed by atoms with Gasteiger partial charge in [-0.1, -0.05) is 84.4 Å². The number of hydrogen-bond acceptors (Lipinski definition) is 2. The molecular formula is C33H62O2Si2. The fourth-order valence-electron chi connectivity index (χ4n) is 5.64. The minimum atomic E-state index is -1.88. The van der Waals surface area contributed by atoms with E-state index in [2.05, 4.69) is 113 Å². The molecule has 2 saturated carbocycles. The van der Waals surface area contributed by atoms with E-state index in [0.717, 1.165) is 18.8 Å². The Kier molecular flexibility index (Phi) is 11.0. The lowest BCUT2D eigenvalue weighted by Crippen LogP contribution is -2.45. The Morgan fingerprint density at radius 2 is 1.59 bits per heavy atom. The first-order valence-corrected chi connectivity index (χ1v) is 20.9. The van der Waals surface area contributed by atoms with Crippen LogP contribution < -0.4 is 0 Å². The maximum absolute atomic E-state index is 7.11. The second-order valence-corrected chi connectivity index (χ2v) is 25.3. The molecule has 2 rings (SSSR count). The summed E-state index contributed by atoms with van der Waals surface area (Å²) < 4.78 is 14.2. The lowest BCUT2D eigenvalue weighted by molar-refractivity contribution is 0.146. The molecular weight excluding hydrogens is 485 g/mol. The van der Waals surface area contributed by atoms with Crippen LogP contribution in [0.4, 0.5) is 0 Å². The van der Waals surface area contributed by atoms with Gasteiger partial charge in [0, 0.05) is 5.92 Å². The van der Waals surface area contributed by atoms with E-state index in [9.17, 15) is 0 Å². The molecule has 0 spiro atoms. The normalized spacial score (nSPS) is 27.0. The maximum atomic E-state index is 7.11. The molecule has 0 aromatic heterocycles. The van der Waals surface area contributed by atoms with Crippen molar-refractivity contribution in [2.45, 2.75) is 149 Å². The summed E-state index contributed by atoms with van der Waals surface area (Å²) in [6, 6.07) is 0. The molecule has 0 aromatic carbocycles. The number of fused-ring (bicyclic) bond motifs is 1. The first kappa shape index (κ1) is 32.8. The molecule has 37 heavy (non-hydrogen) atoms. The molecule has 0 saturated heterocycles. The highest BCUT2D eigenvalue weighted by Gasteiger charge is 2.49. The maximum Gasteiger partial charge on any atom is 0.192 e. The zero-order chi connectivity index (χ0) is 28.4. The summed E-state index contributed by atoms with van der Waals surface area (Å²) in [6.07, 6.45) is 14.9. The fraction of sp³-hybridized carbons (Fsp3) is 0.818. The number of rotatable bonds is 11. The Labute approximate surface area is 234 Å². The number of hydrogen-bond donors (Lipinski definition) is 0. The Bertz CT molecular complexity index is 820. The van der Waals surface area contributed by atoms with Crippen LogP contribution in [0.5, 0.6) is 0 Å². The van der Waals surface area contributed by atoms with Gasteiger partial charge in [-0.3, -0.25) is 0 Å². The van der Waals surface area contributed by atoms with E-state index in [4.69, 9.17) is 8.85 Å². The fourth-order valence-corrected chi connectivity index (χ4v) is 8.29. The smallest absolute Gasteiger partial charge is 0.192 e. The van der Waals surface area contributed by atoms with Crippen LogP contribution in [-0.2, 0) is 8.85 Å². The summed E-state index contributed by atoms with van der Waals surface area (Å²) >= 11 is 0. The second-order valence-electron chi connectivity index (χ2n) is 15.8. The van der Waals surface area contributed by atoms with Crippen LogP contribution in [0, 0.1) is 23.7 Å². The molecule has 0 N–H and O–H groups in total. The van der Waals surface area contributed by atoms with E-state index in [1.54, 1.807) is 0 Å². The molecule has 2 nitrogen and oxygen atoms in total. The van der Waals surface area contributed by atoms with Crippen LogP contribution in [0.3, 0.4) is 0 Å². The molecule has 2 fully saturated rings. The van der Waals surface area contributed by atoms with E-state index in [-0.39, 0.29) is 16.2 Å². The first-order chi connectivity index (χ1) is 16.7. The van der Waals surface area contributed by atoms with Crippen molar-refractivity contribution in [3.63, 3.8) is 0 Å². The van der Waals surface area contributed by atoms with Gasteiger partial charge in [0.05, 0.1) is 12.2 Å². The molecule has 4 heteroatoms. The Hall–Kier alpha value is -0.426. The highest BCUT2D eigenvalue weighted by molar-refractivity contribution is 6.74. The van der Waals surface area contributed by atoms with Crippen LogP contribution in [0.2, 0.25) is 36.3 Å². The zero-order valence-electron chi connectivity index (χ0n) is 27.0. The molecule has 0 aromatic rings. The van der Waals surface area contributed by atoms with E-state index in [1.165, 1.54) is 36.8 Å². The van der Waals surface area contributed by atoms with Crippen molar-refractivity contribution in [3.8, 4) is 0 Å². The minimum Gasteiger partial charge on any atom is -0.413 e. The molecule has 6 atom stereocenters. The van der Waals surface area contributed by atoms with Crippen LogP contribution >= 0.6 is 0 Å². The molecule has 0 radical (unpaired) electrons. The minimum absolute atomic E-state index is 0.180. The van der Waals surface area contributed by atoms with Gasteiger partial charge in [0.1, 0.15) is 0 Å². The summed E-state index contributed by atoms with van der Waals surface area (Å²) in [4.78, 5) is 0. The summed E-state index contributed by atoms with van der Waals surface area (Å²) in [6.45, 7) is 35.0. The van der Waals surface area contributed by atoms with Crippen molar-refractivity contribution >= 4 is 16.6 Å². The molecule has 0 aliphatic heterocycles. The molecule has 214 valence electrons. The summed E-state index contributed by atoms with van der Waals surface area (Å²) in [5.74, 6) is 2.53. The van der Waals surface area contributed by atoms with Gasteiger partial charge in [-0.25, -0.2) is 0 Å². The van der Waals surface area contributed by atoms with Crippen molar-refractivity contribution in [3.05, 3.63) is 36.0 Å². The van der Waals surface area contributed by atoms with Gasteiger partial charge in [0.15, 0.2) is 16.6 Å². The summed E-state index contributed by atoms with van der Waals surface area (Å²) in [7, 11) is -3.71. The lowest BCUT2D eigenvalue weighted by Gasteiger charge is -2.40. The van der Waals surface area contributed by atoms with Crippen LogP contribution in [0.25, 0.3) is 0 Å². The predicted molar refractivity (Wildman–Crippen MR) is 169 cm³/mol. The topological polar surface area (TPSA) is 18.5 Å². The Morgan fingerprint density at radius 3 is 2.14 bits per heavy atom. The molecule has 0 unspecified atom stereocenters. The van der Waals surface area contributed by atoms with Gasteiger partial charge >= 0.3 is 0 Å². The Morgan fingerprint density at radius 1 is 1.00 bits per heavy atom. The molecule has 2 aliphatic rings. The van der Waals surface area contributed by atoms with E-state index in [0.29, 0.717) is 23.9 Å². The van der Waals surface area contributed by atoms with Gasteiger partial charge in [-0.2, -0.15) is 0 Å². The van der Waals surface area contributed by atoms with Crippen LogP contribution in [0.1, 0.15) is 101 Å². The Balaban J connectivity index is 2.29. The largest absolute Gasteiger partial charge is 0.413 e. The highest BCUT2D eigenvalue weighted by Crippen LogP contribution is 2.53. The standard InChI is InChI=1S/C33H62O2Si2/c1-24(2)16-15-17-25(3)21-28(34-36(11,12)32(5,6)7)18-19-29-30-22-26(4)20-27(30)23-31(29)35-37(13,14)33(8,9)10/h16,18-19,25,27-31H,4,15,17,20-23H2,1-3,5-14H3/b19-18+/t25-,27+,28-,29-,30+,31-/m1/s1. The molecule has 0 bridgehead atoms. The highest BCUT2D eigenvalue weighted by atomic mass is 28.4. The summed E-state index contributed by atoms with van der Waals surface area (Å²) in [5.41, 5.74) is 2.86. The van der Waals surface area contributed by atoms with Gasteiger partial charge in [0.2, 0.25) is 0 Å². The third-order valence-corrected chi connectivity index (χ3v) is 19.0. The van der Waals surface area contributed by atoms with Crippen LogP contribution in [-0.4, -0.2) is 28.8 Å².